The van der Waals surface area contributed by atoms with Crippen LogP contribution in [0.1, 0.15) is 39.8 Å². The highest BCUT2D eigenvalue weighted by molar-refractivity contribution is 7.15. The molecule has 1 aliphatic carbocycles. The summed E-state index contributed by atoms with van der Waals surface area (Å²) in [5.74, 6) is 1.26. The lowest BCUT2D eigenvalue weighted by Crippen LogP contribution is -2.14. The van der Waals surface area contributed by atoms with Crippen LogP contribution in [0, 0.1) is 0 Å². The molecular weight excluding hydrogens is 430 g/mol. The van der Waals surface area contributed by atoms with Crippen LogP contribution in [0.5, 0.6) is 17.2 Å². The molecule has 0 aliphatic heterocycles. The van der Waals surface area contributed by atoms with Crippen LogP contribution in [-0.2, 0) is 24.1 Å². The lowest BCUT2D eigenvalue weighted by atomic mass is 10.1. The largest absolute Gasteiger partial charge is 0.493 e. The standard InChI is InChI=1S/C23H27N3O5S/c1-5-31-22(27)15-11-14-7-6-8-18-19(25-23(24)32-18)20(14)26(15)12-13-9-16(28-2)21(30-4)17(10-13)29-3/h9-11H,5-8,12H2,1-4H3,(H2,24,25). The minimum Gasteiger partial charge on any atom is -0.493 e. The Kier molecular flexibility index (Phi) is 6.27. The van der Waals surface area contributed by atoms with Gasteiger partial charge in [-0.2, -0.15) is 0 Å². The maximum atomic E-state index is 12.9. The number of carbonyl (C=O) groups is 1. The fourth-order valence-corrected chi connectivity index (χ4v) is 5.06. The molecule has 1 aromatic carbocycles. The molecule has 0 saturated carbocycles. The molecule has 1 aliphatic rings. The Bertz CT molecular complexity index is 1130. The number of ether oxygens (including phenoxy) is 4. The second-order valence-corrected chi connectivity index (χ2v) is 8.54. The van der Waals surface area contributed by atoms with Crippen LogP contribution in [0.3, 0.4) is 0 Å². The van der Waals surface area contributed by atoms with Crippen LogP contribution < -0.4 is 19.9 Å². The van der Waals surface area contributed by atoms with Gasteiger partial charge in [-0.15, -0.1) is 11.3 Å². The molecule has 3 aromatic rings. The zero-order valence-electron chi connectivity index (χ0n) is 18.7. The van der Waals surface area contributed by atoms with Crippen molar-refractivity contribution in [2.24, 2.45) is 0 Å². The Morgan fingerprint density at radius 3 is 2.47 bits per heavy atom. The van der Waals surface area contributed by atoms with E-state index in [4.69, 9.17) is 24.7 Å². The number of nitrogens with two attached hydrogens (primary N) is 1. The molecule has 9 heteroatoms. The second-order valence-electron chi connectivity index (χ2n) is 7.42. The summed E-state index contributed by atoms with van der Waals surface area (Å²) in [5, 5.41) is 0.529. The van der Waals surface area contributed by atoms with Gasteiger partial charge in [0, 0.05) is 11.4 Å². The average Bonchev–Trinajstić information content (AvgIpc) is 3.27. The Morgan fingerprint density at radius 2 is 1.84 bits per heavy atom. The van der Waals surface area contributed by atoms with Gasteiger partial charge >= 0.3 is 5.97 Å². The molecule has 4 rings (SSSR count). The van der Waals surface area contributed by atoms with E-state index >= 15 is 0 Å². The van der Waals surface area contributed by atoms with Gasteiger partial charge in [-0.3, -0.25) is 0 Å². The zero-order chi connectivity index (χ0) is 22.8. The summed E-state index contributed by atoms with van der Waals surface area (Å²) in [7, 11) is 4.73. The van der Waals surface area contributed by atoms with Gasteiger partial charge in [0.1, 0.15) is 11.4 Å². The van der Waals surface area contributed by atoms with Gasteiger partial charge in [0.15, 0.2) is 16.6 Å². The lowest BCUT2D eigenvalue weighted by molar-refractivity contribution is 0.0514. The van der Waals surface area contributed by atoms with Crippen molar-refractivity contribution in [2.45, 2.75) is 32.7 Å². The van der Waals surface area contributed by atoms with Gasteiger partial charge < -0.3 is 29.2 Å². The van der Waals surface area contributed by atoms with Crippen molar-refractivity contribution in [3.8, 4) is 28.6 Å². The highest BCUT2D eigenvalue weighted by atomic mass is 32.1. The number of carbonyl (C=O) groups excluding carboxylic acids is 1. The van der Waals surface area contributed by atoms with Gasteiger partial charge in [0.25, 0.3) is 0 Å². The van der Waals surface area contributed by atoms with E-state index in [1.807, 2.05) is 22.8 Å². The molecule has 0 fully saturated rings. The van der Waals surface area contributed by atoms with Gasteiger partial charge in [-0.1, -0.05) is 0 Å². The average molecular weight is 458 g/mol. The number of rotatable bonds is 7. The summed E-state index contributed by atoms with van der Waals surface area (Å²) in [6.07, 6.45) is 2.74. The number of hydrogen-bond acceptors (Lipinski definition) is 8. The summed E-state index contributed by atoms with van der Waals surface area (Å²) in [5.41, 5.74) is 10.3. The topological polar surface area (TPSA) is 97.8 Å². The first-order valence-corrected chi connectivity index (χ1v) is 11.3. The van der Waals surface area contributed by atoms with Crippen molar-refractivity contribution >= 4 is 22.4 Å². The molecule has 0 saturated heterocycles. The molecule has 0 atom stereocenters. The van der Waals surface area contributed by atoms with Crippen molar-refractivity contribution in [1.29, 1.82) is 0 Å². The van der Waals surface area contributed by atoms with Crippen LogP contribution >= 0.6 is 11.3 Å². The molecule has 2 heterocycles. The quantitative estimate of drug-likeness (QED) is 0.537. The van der Waals surface area contributed by atoms with E-state index in [0.29, 0.717) is 41.2 Å². The predicted molar refractivity (Wildman–Crippen MR) is 123 cm³/mol. The molecule has 0 spiro atoms. The van der Waals surface area contributed by atoms with Gasteiger partial charge in [0.2, 0.25) is 5.75 Å². The molecule has 0 bridgehead atoms. The number of fused-ring (bicyclic) bond motifs is 3. The molecular formula is C23H27N3O5S. The number of methoxy groups -OCH3 is 3. The van der Waals surface area contributed by atoms with Crippen molar-refractivity contribution in [1.82, 2.24) is 9.55 Å². The van der Waals surface area contributed by atoms with Crippen molar-refractivity contribution in [3.05, 3.63) is 39.9 Å². The number of anilines is 1. The number of aryl methyl sites for hydroxylation is 2. The van der Waals surface area contributed by atoms with E-state index in [-0.39, 0.29) is 5.97 Å². The van der Waals surface area contributed by atoms with Gasteiger partial charge in [0.05, 0.1) is 33.6 Å². The van der Waals surface area contributed by atoms with Crippen LogP contribution in [0.2, 0.25) is 0 Å². The minimum atomic E-state index is -0.363. The fourth-order valence-electron chi connectivity index (χ4n) is 4.19. The first-order chi connectivity index (χ1) is 15.5. The maximum Gasteiger partial charge on any atom is 0.354 e. The summed E-state index contributed by atoms with van der Waals surface area (Å²) in [6.45, 7) is 2.50. The first kappa shape index (κ1) is 22.0. The number of thiazole rings is 1. The summed E-state index contributed by atoms with van der Waals surface area (Å²) in [6, 6.07) is 5.70. The predicted octanol–water partition coefficient (Wildman–Crippen LogP) is 3.93. The van der Waals surface area contributed by atoms with Crippen LogP contribution in [-0.4, -0.2) is 43.5 Å². The second kappa shape index (κ2) is 9.12. The smallest absolute Gasteiger partial charge is 0.354 e. The van der Waals surface area contributed by atoms with Crippen molar-refractivity contribution in [3.63, 3.8) is 0 Å². The third-order valence-corrected chi connectivity index (χ3v) is 6.46. The number of nitrogens with zero attached hydrogens (tertiary/aromatic N) is 2. The van der Waals surface area contributed by atoms with E-state index in [1.165, 1.54) is 11.3 Å². The van der Waals surface area contributed by atoms with Crippen molar-refractivity contribution in [2.75, 3.05) is 33.7 Å². The lowest BCUT2D eigenvalue weighted by Gasteiger charge is -2.17. The number of benzene rings is 1. The van der Waals surface area contributed by atoms with E-state index in [2.05, 4.69) is 4.98 Å². The van der Waals surface area contributed by atoms with Crippen LogP contribution in [0.4, 0.5) is 5.13 Å². The Labute approximate surface area is 190 Å². The summed E-state index contributed by atoms with van der Waals surface area (Å²) >= 11 is 1.51. The fraction of sp³-hybridized carbons (Fsp3) is 0.391. The molecule has 2 N–H and O–H groups in total. The molecule has 0 unspecified atom stereocenters. The SMILES string of the molecule is CCOC(=O)c1cc2c(n1Cc1cc(OC)c(OC)c(OC)c1)-c1nc(N)sc1CCC2. The maximum absolute atomic E-state index is 12.9. The van der Waals surface area contributed by atoms with E-state index < -0.39 is 0 Å². The van der Waals surface area contributed by atoms with E-state index in [1.54, 1.807) is 28.3 Å². The number of esters is 1. The third-order valence-electron chi connectivity index (χ3n) is 5.51. The third kappa shape index (κ3) is 3.88. The first-order valence-electron chi connectivity index (χ1n) is 10.4. The van der Waals surface area contributed by atoms with Crippen molar-refractivity contribution < 1.29 is 23.7 Å². The normalized spacial score (nSPS) is 12.5. The number of aromatic nitrogens is 2. The Hall–Kier alpha value is -3.20. The summed E-state index contributed by atoms with van der Waals surface area (Å²) < 4.78 is 23.8. The van der Waals surface area contributed by atoms with Crippen LogP contribution in [0.25, 0.3) is 11.4 Å². The van der Waals surface area contributed by atoms with E-state index in [9.17, 15) is 4.79 Å². The molecule has 0 radical (unpaired) electrons. The Morgan fingerprint density at radius 1 is 1.12 bits per heavy atom. The molecule has 0 amide bonds. The highest BCUT2D eigenvalue weighted by Crippen LogP contribution is 2.41. The molecule has 2 aromatic heterocycles. The van der Waals surface area contributed by atoms with Gasteiger partial charge in [-0.25, -0.2) is 9.78 Å². The number of hydrogen-bond donors (Lipinski definition) is 1. The minimum absolute atomic E-state index is 0.299. The zero-order valence-corrected chi connectivity index (χ0v) is 19.5. The molecule has 8 nitrogen and oxygen atoms in total. The monoisotopic (exact) mass is 457 g/mol. The van der Waals surface area contributed by atoms with E-state index in [0.717, 1.165) is 46.7 Å². The summed E-state index contributed by atoms with van der Waals surface area (Å²) in [4.78, 5) is 18.6. The highest BCUT2D eigenvalue weighted by Gasteiger charge is 2.28. The van der Waals surface area contributed by atoms with Crippen LogP contribution in [0.15, 0.2) is 18.2 Å². The Balaban J connectivity index is 1.89. The molecule has 170 valence electrons. The van der Waals surface area contributed by atoms with Gasteiger partial charge in [-0.05, 0) is 55.5 Å². The number of nitrogen functional groups attached to an aromatic ring is 1. The molecule has 32 heavy (non-hydrogen) atoms.